The van der Waals surface area contributed by atoms with E-state index in [1.165, 1.54) is 30.3 Å². The second kappa shape index (κ2) is 9.41. The zero-order valence-electron chi connectivity index (χ0n) is 18.6. The molecule has 11 nitrogen and oxygen atoms in total. The summed E-state index contributed by atoms with van der Waals surface area (Å²) in [5.41, 5.74) is -1.27. The van der Waals surface area contributed by atoms with Crippen LogP contribution in [0, 0.1) is 38.0 Å². The molecule has 0 aromatic heterocycles. The van der Waals surface area contributed by atoms with Crippen molar-refractivity contribution in [2.24, 2.45) is 17.8 Å². The van der Waals surface area contributed by atoms with Crippen molar-refractivity contribution in [3.8, 4) is 0 Å². The van der Waals surface area contributed by atoms with Gasteiger partial charge in [-0.25, -0.2) is 5.01 Å². The summed E-state index contributed by atoms with van der Waals surface area (Å²) in [5, 5.41) is 24.8. The van der Waals surface area contributed by atoms with Crippen LogP contribution in [0.4, 0.5) is 11.4 Å². The van der Waals surface area contributed by atoms with E-state index in [1.54, 1.807) is 0 Å². The van der Waals surface area contributed by atoms with Gasteiger partial charge in [-0.15, -0.1) is 0 Å². The molecule has 2 aliphatic rings. The molecule has 3 amide bonds. The van der Waals surface area contributed by atoms with Crippen LogP contribution in [0.2, 0.25) is 5.02 Å². The maximum absolute atomic E-state index is 13.7. The van der Waals surface area contributed by atoms with Gasteiger partial charge in [0.2, 0.25) is 0 Å². The molecule has 1 saturated heterocycles. The second-order valence-corrected chi connectivity index (χ2v) is 9.22. The molecular weight excluding hydrogens is 480 g/mol. The lowest BCUT2D eigenvalue weighted by Gasteiger charge is -2.30. The van der Waals surface area contributed by atoms with Crippen LogP contribution >= 0.6 is 11.6 Å². The normalized spacial score (nSPS) is 21.5. The standard InChI is InChI=1S/C23H21ClN4O7/c1-13-6-9-16-18(10-13)23(31)26(22(16)30)25(12-14-7-8-15(24)11-20(14)28(34)35)21(29)17-4-2-3-5-19(17)27(32)33/h2-5,7-8,11,13,16,18H,6,9-10,12H2,1H3/t13-,16+,18+/m1/s1. The van der Waals surface area contributed by atoms with Gasteiger partial charge in [0.15, 0.2) is 0 Å². The predicted molar refractivity (Wildman–Crippen MR) is 123 cm³/mol. The van der Waals surface area contributed by atoms with Crippen molar-refractivity contribution in [1.29, 1.82) is 0 Å². The number of hydrogen-bond acceptors (Lipinski definition) is 7. The lowest BCUT2D eigenvalue weighted by atomic mass is 9.76. The van der Waals surface area contributed by atoms with Crippen molar-refractivity contribution in [2.75, 3.05) is 0 Å². The highest BCUT2D eigenvalue weighted by Crippen LogP contribution is 2.42. The smallest absolute Gasteiger partial charge is 0.272 e. The van der Waals surface area contributed by atoms with Crippen molar-refractivity contribution >= 4 is 40.7 Å². The Hall–Kier alpha value is -3.86. The maximum Gasteiger partial charge on any atom is 0.282 e. The van der Waals surface area contributed by atoms with E-state index in [1.807, 2.05) is 6.92 Å². The second-order valence-electron chi connectivity index (χ2n) is 8.79. The van der Waals surface area contributed by atoms with Gasteiger partial charge in [-0.3, -0.25) is 34.6 Å². The minimum atomic E-state index is -0.991. The number of nitro benzene ring substituents is 2. The minimum Gasteiger partial charge on any atom is -0.272 e. The van der Waals surface area contributed by atoms with Crippen molar-refractivity contribution in [2.45, 2.75) is 32.7 Å². The first kappa shape index (κ1) is 24.3. The Morgan fingerprint density at radius 3 is 2.37 bits per heavy atom. The summed E-state index contributed by atoms with van der Waals surface area (Å²) in [5.74, 6) is -3.18. The third-order valence-corrected chi connectivity index (χ3v) is 6.77. The quantitative estimate of drug-likeness (QED) is 0.329. The minimum absolute atomic E-state index is 0.00942. The third kappa shape index (κ3) is 4.46. The molecule has 1 aliphatic carbocycles. The Labute approximate surface area is 204 Å². The fourth-order valence-corrected chi connectivity index (χ4v) is 4.96. The van der Waals surface area contributed by atoms with Gasteiger partial charge in [0.1, 0.15) is 5.56 Å². The maximum atomic E-state index is 13.7. The van der Waals surface area contributed by atoms with E-state index in [4.69, 9.17) is 11.6 Å². The Bertz CT molecular complexity index is 1250. The van der Waals surface area contributed by atoms with Crippen molar-refractivity contribution in [3.63, 3.8) is 0 Å². The van der Waals surface area contributed by atoms with E-state index in [-0.39, 0.29) is 22.1 Å². The number of rotatable bonds is 6. The first-order chi connectivity index (χ1) is 16.6. The lowest BCUT2D eigenvalue weighted by Crippen LogP contribution is -2.50. The topological polar surface area (TPSA) is 144 Å². The molecule has 1 aliphatic heterocycles. The number of nitro groups is 2. The van der Waals surface area contributed by atoms with Crippen LogP contribution < -0.4 is 0 Å². The van der Waals surface area contributed by atoms with Crippen molar-refractivity contribution < 1.29 is 24.2 Å². The molecule has 2 aromatic rings. The molecule has 2 aromatic carbocycles. The monoisotopic (exact) mass is 500 g/mol. The zero-order chi connectivity index (χ0) is 25.4. The molecule has 3 atom stereocenters. The Balaban J connectivity index is 1.82. The molecule has 4 rings (SSSR count). The van der Waals surface area contributed by atoms with Crippen LogP contribution in [0.3, 0.4) is 0 Å². The number of hydrogen-bond donors (Lipinski definition) is 0. The molecule has 0 bridgehead atoms. The Morgan fingerprint density at radius 2 is 1.69 bits per heavy atom. The number of carbonyl (C=O) groups excluding carboxylic acids is 3. The number of halogens is 1. The molecule has 1 heterocycles. The summed E-state index contributed by atoms with van der Waals surface area (Å²) in [6.45, 7) is 1.44. The average Bonchev–Trinajstić information content (AvgIpc) is 3.06. The van der Waals surface area contributed by atoms with Crippen LogP contribution in [-0.2, 0) is 16.1 Å². The van der Waals surface area contributed by atoms with E-state index in [2.05, 4.69) is 0 Å². The molecular formula is C23H21ClN4O7. The SMILES string of the molecule is C[C@@H]1CC[C@@H]2C(=O)N(N(Cc3ccc(Cl)cc3[N+](=O)[O-])C(=O)c3ccccc3[N+](=O)[O-])C(=O)[C@H]2C1. The van der Waals surface area contributed by atoms with E-state index in [0.717, 1.165) is 28.6 Å². The number of fused-ring (bicyclic) bond motifs is 1. The van der Waals surface area contributed by atoms with Crippen LogP contribution in [0.25, 0.3) is 0 Å². The Morgan fingerprint density at radius 1 is 1.03 bits per heavy atom. The van der Waals surface area contributed by atoms with Gasteiger partial charge in [-0.05, 0) is 43.4 Å². The molecule has 12 heteroatoms. The number of imide groups is 1. The predicted octanol–water partition coefficient (Wildman–Crippen LogP) is 4.14. The van der Waals surface area contributed by atoms with Crippen LogP contribution in [0.5, 0.6) is 0 Å². The molecule has 1 saturated carbocycles. The van der Waals surface area contributed by atoms with Gasteiger partial charge < -0.3 is 0 Å². The molecule has 0 unspecified atom stereocenters. The molecule has 0 N–H and O–H groups in total. The molecule has 182 valence electrons. The van der Waals surface area contributed by atoms with E-state index in [9.17, 15) is 34.6 Å². The average molecular weight is 501 g/mol. The van der Waals surface area contributed by atoms with Crippen molar-refractivity contribution in [1.82, 2.24) is 10.0 Å². The number of benzene rings is 2. The van der Waals surface area contributed by atoms with Gasteiger partial charge in [-0.2, -0.15) is 5.01 Å². The molecule has 2 fully saturated rings. The number of nitrogens with zero attached hydrogens (tertiary/aromatic N) is 4. The molecule has 0 spiro atoms. The molecule has 35 heavy (non-hydrogen) atoms. The summed E-state index contributed by atoms with van der Waals surface area (Å²) in [7, 11) is 0. The van der Waals surface area contributed by atoms with Crippen molar-refractivity contribution in [3.05, 3.63) is 78.8 Å². The highest BCUT2D eigenvalue weighted by Gasteiger charge is 2.53. The van der Waals surface area contributed by atoms with E-state index >= 15 is 0 Å². The van der Waals surface area contributed by atoms with Crippen LogP contribution in [0.15, 0.2) is 42.5 Å². The Kier molecular flexibility index (Phi) is 6.53. The summed E-state index contributed by atoms with van der Waals surface area (Å²) in [6.07, 6.45) is 1.69. The number of carbonyl (C=O) groups is 3. The fourth-order valence-electron chi connectivity index (χ4n) is 4.80. The van der Waals surface area contributed by atoms with Gasteiger partial charge in [0, 0.05) is 17.2 Å². The van der Waals surface area contributed by atoms with Gasteiger partial charge in [-0.1, -0.05) is 30.7 Å². The highest BCUT2D eigenvalue weighted by atomic mass is 35.5. The van der Waals surface area contributed by atoms with Crippen LogP contribution in [-0.4, -0.2) is 37.6 Å². The van der Waals surface area contributed by atoms with Gasteiger partial charge >= 0.3 is 0 Å². The number of hydrazine groups is 1. The third-order valence-electron chi connectivity index (χ3n) is 6.54. The summed E-state index contributed by atoms with van der Waals surface area (Å²) in [6, 6.07) is 8.94. The van der Waals surface area contributed by atoms with E-state index < -0.39 is 57.3 Å². The summed E-state index contributed by atoms with van der Waals surface area (Å²) in [4.78, 5) is 62.1. The number of para-hydroxylation sites is 1. The summed E-state index contributed by atoms with van der Waals surface area (Å²) >= 11 is 5.90. The first-order valence-corrected chi connectivity index (χ1v) is 11.3. The van der Waals surface area contributed by atoms with Crippen LogP contribution in [0.1, 0.15) is 42.1 Å². The van der Waals surface area contributed by atoms with Gasteiger partial charge in [0.05, 0.1) is 33.8 Å². The van der Waals surface area contributed by atoms with Gasteiger partial charge in [0.25, 0.3) is 29.1 Å². The first-order valence-electron chi connectivity index (χ1n) is 11.0. The molecule has 0 radical (unpaired) electrons. The van der Waals surface area contributed by atoms with E-state index in [0.29, 0.717) is 12.8 Å². The largest absolute Gasteiger partial charge is 0.282 e. The number of amides is 3. The summed E-state index contributed by atoms with van der Waals surface area (Å²) < 4.78 is 0. The lowest BCUT2D eigenvalue weighted by molar-refractivity contribution is -0.385. The highest BCUT2D eigenvalue weighted by molar-refractivity contribution is 6.30. The zero-order valence-corrected chi connectivity index (χ0v) is 19.4. The fraction of sp³-hybridized carbons (Fsp3) is 0.348.